The van der Waals surface area contributed by atoms with Gasteiger partial charge in [0.05, 0.1) is 6.54 Å². The maximum absolute atomic E-state index is 12.1. The highest BCUT2D eigenvalue weighted by molar-refractivity contribution is 6.16. The molecule has 0 amide bonds. The van der Waals surface area contributed by atoms with Crippen molar-refractivity contribution in [1.82, 2.24) is 5.32 Å². The first-order chi connectivity index (χ1) is 9.08. The van der Waals surface area contributed by atoms with Crippen molar-refractivity contribution < 1.29 is 9.63 Å². The van der Waals surface area contributed by atoms with Crippen molar-refractivity contribution in [1.29, 1.82) is 0 Å². The standard InChI is InChI=1S/C15H18N2O2/c1-8-4-9(2)13(10(3)5-8)15-14-11(18)6-16-7-12(14)19-17-15/h4-5,12,14,16H,6-7H2,1-3H3. The minimum atomic E-state index is -0.207. The monoisotopic (exact) mass is 258 g/mol. The van der Waals surface area contributed by atoms with Gasteiger partial charge in [0, 0.05) is 12.1 Å². The highest BCUT2D eigenvalue weighted by Gasteiger charge is 2.43. The van der Waals surface area contributed by atoms with Crippen LogP contribution in [-0.2, 0) is 9.63 Å². The summed E-state index contributed by atoms with van der Waals surface area (Å²) in [5.74, 6) is -0.0340. The lowest BCUT2D eigenvalue weighted by molar-refractivity contribution is -0.124. The van der Waals surface area contributed by atoms with E-state index in [9.17, 15) is 4.79 Å². The van der Waals surface area contributed by atoms with Gasteiger partial charge >= 0.3 is 0 Å². The van der Waals surface area contributed by atoms with E-state index in [2.05, 4.69) is 43.4 Å². The number of ketones is 1. The molecule has 4 heteroatoms. The van der Waals surface area contributed by atoms with Crippen molar-refractivity contribution in [3.8, 4) is 0 Å². The van der Waals surface area contributed by atoms with Crippen LogP contribution in [0.4, 0.5) is 0 Å². The van der Waals surface area contributed by atoms with Gasteiger partial charge in [0.2, 0.25) is 0 Å². The first kappa shape index (κ1) is 12.4. The zero-order valence-electron chi connectivity index (χ0n) is 11.5. The summed E-state index contributed by atoms with van der Waals surface area (Å²) in [6.07, 6.45) is -0.142. The van der Waals surface area contributed by atoms with E-state index in [1.807, 2.05) is 0 Å². The van der Waals surface area contributed by atoms with Crippen LogP contribution in [0.2, 0.25) is 0 Å². The summed E-state index contributed by atoms with van der Waals surface area (Å²) in [5, 5.41) is 7.28. The minimum Gasteiger partial charge on any atom is -0.390 e. The van der Waals surface area contributed by atoms with Gasteiger partial charge in [-0.1, -0.05) is 22.9 Å². The van der Waals surface area contributed by atoms with Gasteiger partial charge in [-0.05, 0) is 31.9 Å². The van der Waals surface area contributed by atoms with Crippen molar-refractivity contribution in [2.24, 2.45) is 11.1 Å². The van der Waals surface area contributed by atoms with E-state index < -0.39 is 0 Å². The molecule has 1 saturated heterocycles. The zero-order chi connectivity index (χ0) is 13.6. The number of fused-ring (bicyclic) bond motifs is 1. The highest BCUT2D eigenvalue weighted by Crippen LogP contribution is 2.29. The normalized spacial score (nSPS) is 25.8. The predicted octanol–water partition coefficient (Wildman–Crippen LogP) is 1.50. The molecule has 0 spiro atoms. The molecule has 19 heavy (non-hydrogen) atoms. The first-order valence-electron chi connectivity index (χ1n) is 6.63. The largest absolute Gasteiger partial charge is 0.390 e. The molecule has 2 aliphatic rings. The lowest BCUT2D eigenvalue weighted by Gasteiger charge is -2.24. The Labute approximate surface area is 112 Å². The lowest BCUT2D eigenvalue weighted by atomic mass is 9.83. The van der Waals surface area contributed by atoms with E-state index >= 15 is 0 Å². The van der Waals surface area contributed by atoms with E-state index in [0.717, 1.165) is 22.4 Å². The summed E-state index contributed by atoms with van der Waals surface area (Å²) in [6, 6.07) is 4.26. The molecule has 1 aromatic rings. The highest BCUT2D eigenvalue weighted by atomic mass is 16.6. The van der Waals surface area contributed by atoms with E-state index in [1.54, 1.807) is 0 Å². The lowest BCUT2D eigenvalue weighted by Crippen LogP contribution is -2.48. The molecule has 3 rings (SSSR count). The van der Waals surface area contributed by atoms with Crippen molar-refractivity contribution >= 4 is 11.5 Å². The van der Waals surface area contributed by atoms with Gasteiger partial charge in [0.15, 0.2) is 11.9 Å². The molecular weight excluding hydrogens is 240 g/mol. The van der Waals surface area contributed by atoms with Crippen LogP contribution in [-0.4, -0.2) is 30.7 Å². The molecule has 0 saturated carbocycles. The summed E-state index contributed by atoms with van der Waals surface area (Å²) in [6.45, 7) is 7.31. The quantitative estimate of drug-likeness (QED) is 0.830. The first-order valence-corrected chi connectivity index (χ1v) is 6.63. The summed E-state index contributed by atoms with van der Waals surface area (Å²) in [5.41, 5.74) is 5.44. The van der Waals surface area contributed by atoms with Crippen LogP contribution in [0.15, 0.2) is 17.3 Å². The van der Waals surface area contributed by atoms with Gasteiger partial charge in [-0.15, -0.1) is 0 Å². The fraction of sp³-hybridized carbons (Fsp3) is 0.467. The Morgan fingerprint density at radius 1 is 1.26 bits per heavy atom. The Balaban J connectivity index is 2.06. The van der Waals surface area contributed by atoms with Crippen molar-refractivity contribution in [2.45, 2.75) is 26.9 Å². The molecule has 4 nitrogen and oxygen atoms in total. The number of aryl methyl sites for hydroxylation is 3. The third-order valence-electron chi connectivity index (χ3n) is 3.88. The summed E-state index contributed by atoms with van der Waals surface area (Å²) >= 11 is 0. The number of carbonyl (C=O) groups excluding carboxylic acids is 1. The maximum atomic E-state index is 12.1. The number of piperidine rings is 1. The summed E-state index contributed by atoms with van der Waals surface area (Å²) in [7, 11) is 0. The summed E-state index contributed by atoms with van der Waals surface area (Å²) < 4.78 is 0. The second-order valence-electron chi connectivity index (χ2n) is 5.47. The van der Waals surface area contributed by atoms with E-state index in [-0.39, 0.29) is 17.8 Å². The molecular formula is C15H18N2O2. The number of benzene rings is 1. The maximum Gasteiger partial charge on any atom is 0.159 e. The van der Waals surface area contributed by atoms with Crippen molar-refractivity contribution in [2.75, 3.05) is 13.1 Å². The second-order valence-corrected chi connectivity index (χ2v) is 5.47. The molecule has 2 heterocycles. The minimum absolute atomic E-state index is 0.142. The zero-order valence-corrected chi connectivity index (χ0v) is 11.5. The second kappa shape index (κ2) is 4.46. The van der Waals surface area contributed by atoms with Crippen LogP contribution in [0.3, 0.4) is 0 Å². The number of oxime groups is 1. The average molecular weight is 258 g/mol. The number of nitrogens with one attached hydrogen (secondary N) is 1. The summed E-state index contributed by atoms with van der Waals surface area (Å²) in [4.78, 5) is 17.6. The number of carbonyl (C=O) groups is 1. The Kier molecular flexibility index (Phi) is 2.90. The fourth-order valence-electron chi connectivity index (χ4n) is 3.17. The molecule has 1 N–H and O–H groups in total. The SMILES string of the molecule is Cc1cc(C)c(C2=NOC3CNCC(=O)C23)c(C)c1. The Morgan fingerprint density at radius 3 is 2.63 bits per heavy atom. The van der Waals surface area contributed by atoms with Crippen molar-refractivity contribution in [3.63, 3.8) is 0 Å². The molecule has 0 aliphatic carbocycles. The molecule has 0 aromatic heterocycles. The number of nitrogens with zero attached hydrogens (tertiary/aromatic N) is 1. The van der Waals surface area contributed by atoms with Gasteiger partial charge in [-0.2, -0.15) is 0 Å². The molecule has 100 valence electrons. The molecule has 2 aliphatic heterocycles. The average Bonchev–Trinajstić information content (AvgIpc) is 2.73. The third-order valence-corrected chi connectivity index (χ3v) is 3.88. The van der Waals surface area contributed by atoms with E-state index in [1.165, 1.54) is 5.56 Å². The van der Waals surface area contributed by atoms with E-state index in [4.69, 9.17) is 4.84 Å². The van der Waals surface area contributed by atoms with Crippen LogP contribution in [0.5, 0.6) is 0 Å². The third kappa shape index (κ3) is 1.96. The Hall–Kier alpha value is -1.68. The van der Waals surface area contributed by atoms with Gasteiger partial charge in [-0.25, -0.2) is 0 Å². The fourth-order valence-corrected chi connectivity index (χ4v) is 3.17. The molecule has 1 fully saturated rings. The van der Waals surface area contributed by atoms with Crippen LogP contribution in [0.25, 0.3) is 0 Å². The van der Waals surface area contributed by atoms with Crippen LogP contribution in [0, 0.1) is 26.7 Å². The molecule has 2 atom stereocenters. The van der Waals surface area contributed by atoms with Gasteiger partial charge < -0.3 is 10.2 Å². The van der Waals surface area contributed by atoms with Crippen LogP contribution < -0.4 is 5.32 Å². The molecule has 0 radical (unpaired) electrons. The number of hydrogen-bond acceptors (Lipinski definition) is 4. The number of hydrogen-bond donors (Lipinski definition) is 1. The Morgan fingerprint density at radius 2 is 1.95 bits per heavy atom. The van der Waals surface area contributed by atoms with Gasteiger partial charge in [0.25, 0.3) is 0 Å². The molecule has 1 aromatic carbocycles. The molecule has 2 unspecified atom stereocenters. The van der Waals surface area contributed by atoms with Gasteiger partial charge in [0.1, 0.15) is 11.6 Å². The van der Waals surface area contributed by atoms with Crippen LogP contribution >= 0.6 is 0 Å². The number of rotatable bonds is 1. The number of Topliss-reactive ketones (excluding diaryl/α,β-unsaturated/α-hetero) is 1. The van der Waals surface area contributed by atoms with Crippen LogP contribution in [0.1, 0.15) is 22.3 Å². The van der Waals surface area contributed by atoms with E-state index in [0.29, 0.717) is 13.1 Å². The Bertz CT molecular complexity index is 555. The predicted molar refractivity (Wildman–Crippen MR) is 73.4 cm³/mol. The van der Waals surface area contributed by atoms with Gasteiger partial charge in [-0.3, -0.25) is 4.79 Å². The van der Waals surface area contributed by atoms with Crippen molar-refractivity contribution in [3.05, 3.63) is 34.4 Å². The topological polar surface area (TPSA) is 50.7 Å². The smallest absolute Gasteiger partial charge is 0.159 e. The molecule has 0 bridgehead atoms.